The first kappa shape index (κ1) is 12.3. The number of aromatic nitrogens is 3. The summed E-state index contributed by atoms with van der Waals surface area (Å²) < 4.78 is 38.0. The van der Waals surface area contributed by atoms with Crippen molar-refractivity contribution in [2.75, 3.05) is 5.32 Å². The third kappa shape index (κ3) is 2.93. The molecule has 7 heteroatoms. The van der Waals surface area contributed by atoms with Gasteiger partial charge < -0.3 is 5.32 Å². The van der Waals surface area contributed by atoms with E-state index in [1.54, 1.807) is 12.1 Å². The van der Waals surface area contributed by atoms with Gasteiger partial charge >= 0.3 is 6.18 Å². The Kier molecular flexibility index (Phi) is 3.40. The highest BCUT2D eigenvalue weighted by Gasteiger charge is 2.33. The summed E-state index contributed by atoms with van der Waals surface area (Å²) in [6.07, 6.45) is -1.64. The molecule has 2 aromatic heterocycles. The lowest BCUT2D eigenvalue weighted by molar-refractivity contribution is -0.137. The summed E-state index contributed by atoms with van der Waals surface area (Å²) in [6.45, 7) is 0.133. The Morgan fingerprint density at radius 2 is 1.89 bits per heavy atom. The molecule has 0 fully saturated rings. The van der Waals surface area contributed by atoms with Crippen molar-refractivity contribution in [1.82, 2.24) is 15.2 Å². The molecule has 0 saturated heterocycles. The van der Waals surface area contributed by atoms with Gasteiger partial charge in [-0.1, -0.05) is 0 Å². The van der Waals surface area contributed by atoms with Crippen molar-refractivity contribution < 1.29 is 13.2 Å². The molecule has 0 spiro atoms. The van der Waals surface area contributed by atoms with Crippen molar-refractivity contribution in [2.45, 2.75) is 12.7 Å². The topological polar surface area (TPSA) is 50.7 Å². The van der Waals surface area contributed by atoms with Crippen LogP contribution in [0.5, 0.6) is 0 Å². The third-order valence-electron chi connectivity index (χ3n) is 2.18. The number of hydrogen-bond acceptors (Lipinski definition) is 4. The molecule has 1 N–H and O–H groups in total. The molecule has 2 heterocycles. The minimum Gasteiger partial charge on any atom is -0.364 e. The molecule has 0 amide bonds. The highest BCUT2D eigenvalue weighted by molar-refractivity contribution is 5.45. The lowest BCUT2D eigenvalue weighted by Gasteiger charge is -2.12. The van der Waals surface area contributed by atoms with Gasteiger partial charge in [-0.05, 0) is 24.3 Å². The van der Waals surface area contributed by atoms with E-state index in [-0.39, 0.29) is 12.4 Å². The maximum absolute atomic E-state index is 12.7. The summed E-state index contributed by atoms with van der Waals surface area (Å²) in [7, 11) is 0. The second kappa shape index (κ2) is 4.99. The summed E-state index contributed by atoms with van der Waals surface area (Å²) in [5.74, 6) is -0.212. The number of nitrogens with one attached hydrogen (secondary N) is 1. The van der Waals surface area contributed by atoms with Crippen molar-refractivity contribution in [3.05, 3.63) is 47.9 Å². The van der Waals surface area contributed by atoms with Gasteiger partial charge in [-0.3, -0.25) is 0 Å². The number of hydrogen-bond donors (Lipinski definition) is 1. The van der Waals surface area contributed by atoms with Crippen LogP contribution in [-0.2, 0) is 12.7 Å². The predicted octanol–water partition coefficient (Wildman–Crippen LogP) is 2.50. The zero-order valence-corrected chi connectivity index (χ0v) is 9.15. The van der Waals surface area contributed by atoms with Gasteiger partial charge in [0.1, 0.15) is 5.82 Å². The van der Waals surface area contributed by atoms with Crippen LogP contribution >= 0.6 is 0 Å². The number of nitrogens with zero attached hydrogens (tertiary/aromatic N) is 3. The fourth-order valence-corrected chi connectivity index (χ4v) is 1.38. The van der Waals surface area contributed by atoms with E-state index < -0.39 is 11.7 Å². The number of alkyl halides is 3. The van der Waals surface area contributed by atoms with Gasteiger partial charge in [-0.15, -0.1) is 0 Å². The molecule has 0 radical (unpaired) electrons. The standard InChI is InChI=1S/C11H9F3N4/c12-11(13,14)9-4-2-5-15-10(9)16-7-8-3-1-6-17-18-8/h1-6H,7H2,(H,15,16). The van der Waals surface area contributed by atoms with E-state index in [9.17, 15) is 13.2 Å². The van der Waals surface area contributed by atoms with Crippen LogP contribution in [0.3, 0.4) is 0 Å². The van der Waals surface area contributed by atoms with E-state index in [0.29, 0.717) is 5.69 Å². The maximum atomic E-state index is 12.7. The monoisotopic (exact) mass is 254 g/mol. The van der Waals surface area contributed by atoms with Crippen molar-refractivity contribution in [3.8, 4) is 0 Å². The molecule has 94 valence electrons. The summed E-state index contributed by atoms with van der Waals surface area (Å²) in [5.41, 5.74) is -0.259. The lowest BCUT2D eigenvalue weighted by Crippen LogP contribution is -2.12. The molecular weight excluding hydrogens is 245 g/mol. The zero-order valence-electron chi connectivity index (χ0n) is 9.15. The highest BCUT2D eigenvalue weighted by atomic mass is 19.4. The molecule has 2 aromatic rings. The Labute approximate surface area is 101 Å². The normalized spacial score (nSPS) is 11.3. The highest BCUT2D eigenvalue weighted by Crippen LogP contribution is 2.33. The van der Waals surface area contributed by atoms with Gasteiger partial charge in [0.05, 0.1) is 17.8 Å². The summed E-state index contributed by atoms with van der Waals surface area (Å²) in [5, 5.41) is 10.0. The van der Waals surface area contributed by atoms with E-state index in [4.69, 9.17) is 0 Å². The van der Waals surface area contributed by atoms with Crippen LogP contribution < -0.4 is 5.32 Å². The van der Waals surface area contributed by atoms with Crippen molar-refractivity contribution in [3.63, 3.8) is 0 Å². The summed E-state index contributed by atoms with van der Waals surface area (Å²) in [4.78, 5) is 3.68. The molecule has 0 aliphatic rings. The number of pyridine rings is 1. The molecule has 0 aliphatic carbocycles. The smallest absolute Gasteiger partial charge is 0.364 e. The Hall–Kier alpha value is -2.18. The summed E-state index contributed by atoms with van der Waals surface area (Å²) >= 11 is 0. The van der Waals surface area contributed by atoms with Gasteiger partial charge in [-0.2, -0.15) is 23.4 Å². The van der Waals surface area contributed by atoms with Gasteiger partial charge in [0.25, 0.3) is 0 Å². The molecule has 0 bridgehead atoms. The molecule has 0 atom stereocenters. The van der Waals surface area contributed by atoms with Crippen molar-refractivity contribution in [1.29, 1.82) is 0 Å². The van der Waals surface area contributed by atoms with Crippen LogP contribution in [0.4, 0.5) is 19.0 Å². The zero-order chi connectivity index (χ0) is 13.0. The molecule has 0 unspecified atom stereocenters. The van der Waals surface area contributed by atoms with Crippen molar-refractivity contribution in [2.24, 2.45) is 0 Å². The Morgan fingerprint density at radius 3 is 2.56 bits per heavy atom. The van der Waals surface area contributed by atoms with Crippen LogP contribution in [0.15, 0.2) is 36.7 Å². The number of rotatable bonds is 3. The third-order valence-corrected chi connectivity index (χ3v) is 2.18. The van der Waals surface area contributed by atoms with Crippen LogP contribution in [0.25, 0.3) is 0 Å². The number of anilines is 1. The van der Waals surface area contributed by atoms with Crippen LogP contribution in [0.1, 0.15) is 11.3 Å². The molecule has 2 rings (SSSR count). The Balaban J connectivity index is 2.15. The summed E-state index contributed by atoms with van der Waals surface area (Å²) in [6, 6.07) is 5.55. The number of halogens is 3. The molecule has 0 aromatic carbocycles. The lowest BCUT2D eigenvalue weighted by atomic mass is 10.2. The first-order valence-electron chi connectivity index (χ1n) is 5.10. The van der Waals surface area contributed by atoms with Crippen molar-refractivity contribution >= 4 is 5.82 Å². The molecule has 18 heavy (non-hydrogen) atoms. The average molecular weight is 254 g/mol. The maximum Gasteiger partial charge on any atom is 0.419 e. The molecule has 0 aliphatic heterocycles. The van der Waals surface area contributed by atoms with Crippen LogP contribution in [0.2, 0.25) is 0 Å². The fraction of sp³-hybridized carbons (Fsp3) is 0.182. The van der Waals surface area contributed by atoms with Crippen LogP contribution in [0, 0.1) is 0 Å². The average Bonchev–Trinajstić information content (AvgIpc) is 2.37. The molecule has 0 saturated carbocycles. The van der Waals surface area contributed by atoms with Gasteiger partial charge in [0.15, 0.2) is 0 Å². The van der Waals surface area contributed by atoms with Gasteiger partial charge in [-0.25, -0.2) is 4.98 Å². The van der Waals surface area contributed by atoms with Gasteiger partial charge in [0, 0.05) is 12.4 Å². The SMILES string of the molecule is FC(F)(F)c1cccnc1NCc1cccnn1. The van der Waals surface area contributed by atoms with E-state index >= 15 is 0 Å². The Morgan fingerprint density at radius 1 is 1.11 bits per heavy atom. The first-order chi connectivity index (χ1) is 8.57. The Bertz CT molecular complexity index is 513. The largest absolute Gasteiger partial charge is 0.419 e. The molecular formula is C11H9F3N4. The van der Waals surface area contributed by atoms with Crippen LogP contribution in [-0.4, -0.2) is 15.2 Å². The fourth-order valence-electron chi connectivity index (χ4n) is 1.38. The molecule has 4 nitrogen and oxygen atoms in total. The minimum absolute atomic E-state index is 0.133. The van der Waals surface area contributed by atoms with E-state index in [0.717, 1.165) is 6.07 Å². The van der Waals surface area contributed by atoms with E-state index in [2.05, 4.69) is 20.5 Å². The quantitative estimate of drug-likeness (QED) is 0.914. The van der Waals surface area contributed by atoms with Gasteiger partial charge in [0.2, 0.25) is 0 Å². The second-order valence-electron chi connectivity index (χ2n) is 3.47. The second-order valence-corrected chi connectivity index (χ2v) is 3.47. The van der Waals surface area contributed by atoms with E-state index in [1.807, 2.05) is 0 Å². The van der Waals surface area contributed by atoms with E-state index in [1.165, 1.54) is 18.5 Å². The minimum atomic E-state index is -4.43. The first-order valence-corrected chi connectivity index (χ1v) is 5.10. The predicted molar refractivity (Wildman–Crippen MR) is 58.6 cm³/mol.